The Bertz CT molecular complexity index is 861. The highest BCUT2D eigenvalue weighted by atomic mass is 79.9. The number of amides is 2. The normalized spacial score (nSPS) is 11.5. The Morgan fingerprint density at radius 2 is 1.87 bits per heavy atom. The first-order valence-electron chi connectivity index (χ1n) is 9.67. The van der Waals surface area contributed by atoms with Gasteiger partial charge in [-0.15, -0.1) is 0 Å². The van der Waals surface area contributed by atoms with Gasteiger partial charge in [-0.1, -0.05) is 30.7 Å². The number of methoxy groups -OCH3 is 1. The highest BCUT2D eigenvalue weighted by Crippen LogP contribution is 2.28. The number of nitrogens with zero attached hydrogens (tertiary/aromatic N) is 1. The molecule has 0 aliphatic heterocycles. The second kappa shape index (κ2) is 11.8. The van der Waals surface area contributed by atoms with Crippen molar-refractivity contribution in [2.75, 3.05) is 20.3 Å². The third kappa shape index (κ3) is 6.64. The Balaban J connectivity index is 2.21. The lowest BCUT2D eigenvalue weighted by molar-refractivity contribution is -0.142. The van der Waals surface area contributed by atoms with Gasteiger partial charge in [0.2, 0.25) is 5.91 Å². The molecule has 2 aromatic rings. The molecule has 1 atom stereocenters. The molecule has 0 spiro atoms. The van der Waals surface area contributed by atoms with E-state index in [-0.39, 0.29) is 25.0 Å². The molecule has 162 valence electrons. The van der Waals surface area contributed by atoms with Crippen molar-refractivity contribution in [3.63, 3.8) is 0 Å². The summed E-state index contributed by atoms with van der Waals surface area (Å²) in [5.74, 6) is 0.756. The number of hydrogen-bond acceptors (Lipinski definition) is 4. The quantitative estimate of drug-likeness (QED) is 0.527. The molecule has 8 heteroatoms. The van der Waals surface area contributed by atoms with Crippen LogP contribution in [0.3, 0.4) is 0 Å². The monoisotopic (exact) mass is 496 g/mol. The number of benzene rings is 2. The first kappa shape index (κ1) is 24.0. The summed E-state index contributed by atoms with van der Waals surface area (Å²) in [6.07, 6.45) is 0.484. The zero-order chi connectivity index (χ0) is 22.1. The van der Waals surface area contributed by atoms with Crippen LogP contribution in [0, 0.1) is 0 Å². The third-order valence-corrected chi connectivity index (χ3v) is 5.35. The van der Waals surface area contributed by atoms with E-state index in [0.29, 0.717) is 28.2 Å². The zero-order valence-electron chi connectivity index (χ0n) is 17.3. The Kier molecular flexibility index (Phi) is 9.46. The largest absolute Gasteiger partial charge is 0.497 e. The number of nitrogens with one attached hydrogen (secondary N) is 1. The maximum Gasteiger partial charge on any atom is 0.261 e. The smallest absolute Gasteiger partial charge is 0.261 e. The molecule has 0 aromatic heterocycles. The molecule has 30 heavy (non-hydrogen) atoms. The van der Waals surface area contributed by atoms with E-state index >= 15 is 0 Å². The summed E-state index contributed by atoms with van der Waals surface area (Å²) in [6.45, 7) is 4.30. The molecule has 6 nitrogen and oxygen atoms in total. The van der Waals surface area contributed by atoms with Gasteiger partial charge >= 0.3 is 0 Å². The Morgan fingerprint density at radius 3 is 2.43 bits per heavy atom. The maximum atomic E-state index is 13.1. The molecule has 2 rings (SSSR count). The fourth-order valence-corrected chi connectivity index (χ4v) is 3.75. The predicted molar refractivity (Wildman–Crippen MR) is 121 cm³/mol. The van der Waals surface area contributed by atoms with Gasteiger partial charge in [0, 0.05) is 18.1 Å². The lowest BCUT2D eigenvalue weighted by Crippen LogP contribution is -2.50. The van der Waals surface area contributed by atoms with E-state index < -0.39 is 6.04 Å². The van der Waals surface area contributed by atoms with Gasteiger partial charge in [-0.05, 0) is 65.2 Å². The van der Waals surface area contributed by atoms with E-state index in [1.165, 1.54) is 0 Å². The first-order chi connectivity index (χ1) is 14.4. The summed E-state index contributed by atoms with van der Waals surface area (Å²) in [6, 6.07) is 11.9. The molecule has 2 aromatic carbocycles. The van der Waals surface area contributed by atoms with E-state index in [2.05, 4.69) is 21.2 Å². The number of hydrogen-bond donors (Lipinski definition) is 1. The predicted octanol–water partition coefficient (Wildman–Crippen LogP) is 4.43. The molecular formula is C22H26BrClN2O4. The van der Waals surface area contributed by atoms with Gasteiger partial charge in [-0.2, -0.15) is 0 Å². The second-order valence-corrected chi connectivity index (χ2v) is 7.84. The van der Waals surface area contributed by atoms with Gasteiger partial charge in [0.1, 0.15) is 17.5 Å². The molecule has 0 heterocycles. The van der Waals surface area contributed by atoms with E-state index in [9.17, 15) is 9.59 Å². The van der Waals surface area contributed by atoms with Gasteiger partial charge < -0.3 is 19.7 Å². The van der Waals surface area contributed by atoms with Gasteiger partial charge in [-0.25, -0.2) is 0 Å². The molecule has 0 saturated heterocycles. The molecule has 0 aliphatic rings. The SMILES string of the molecule is CCNC(=O)C(CC)N(Cc1ccc(OC)cc1)C(=O)COc1ccc(Cl)cc1Br. The van der Waals surface area contributed by atoms with Crippen LogP contribution in [0.4, 0.5) is 0 Å². The fourth-order valence-electron chi connectivity index (χ4n) is 2.95. The van der Waals surface area contributed by atoms with Crippen LogP contribution in [0.1, 0.15) is 25.8 Å². The van der Waals surface area contributed by atoms with Crippen LogP contribution in [-0.2, 0) is 16.1 Å². The van der Waals surface area contributed by atoms with Crippen molar-refractivity contribution in [3.05, 3.63) is 57.5 Å². The number of ether oxygens (including phenoxy) is 2. The molecular weight excluding hydrogens is 472 g/mol. The second-order valence-electron chi connectivity index (χ2n) is 6.55. The number of likely N-dealkylation sites (N-methyl/N-ethyl adjacent to an activating group) is 1. The first-order valence-corrected chi connectivity index (χ1v) is 10.8. The average molecular weight is 498 g/mol. The van der Waals surface area contributed by atoms with Crippen molar-refractivity contribution in [3.8, 4) is 11.5 Å². The topological polar surface area (TPSA) is 67.9 Å². The summed E-state index contributed by atoms with van der Waals surface area (Å²) in [4.78, 5) is 27.2. The molecule has 1 unspecified atom stereocenters. The van der Waals surface area contributed by atoms with Crippen LogP contribution < -0.4 is 14.8 Å². The summed E-state index contributed by atoms with van der Waals surface area (Å²) in [5, 5.41) is 3.37. The number of carbonyl (C=O) groups is 2. The van der Waals surface area contributed by atoms with Gasteiger partial charge in [0.15, 0.2) is 6.61 Å². The minimum atomic E-state index is -0.600. The van der Waals surface area contributed by atoms with Crippen LogP contribution >= 0.6 is 27.5 Å². The van der Waals surface area contributed by atoms with Crippen LogP contribution in [-0.4, -0.2) is 43.0 Å². The maximum absolute atomic E-state index is 13.1. The molecule has 0 radical (unpaired) electrons. The minimum Gasteiger partial charge on any atom is -0.497 e. The summed E-state index contributed by atoms with van der Waals surface area (Å²) >= 11 is 9.33. The van der Waals surface area contributed by atoms with Crippen molar-refractivity contribution >= 4 is 39.3 Å². The van der Waals surface area contributed by atoms with Gasteiger partial charge in [-0.3, -0.25) is 9.59 Å². The Morgan fingerprint density at radius 1 is 1.17 bits per heavy atom. The third-order valence-electron chi connectivity index (χ3n) is 4.49. The average Bonchev–Trinajstić information content (AvgIpc) is 2.73. The minimum absolute atomic E-state index is 0.186. The molecule has 0 aliphatic carbocycles. The van der Waals surface area contributed by atoms with E-state index in [1.807, 2.05) is 38.1 Å². The number of halogens is 2. The van der Waals surface area contributed by atoms with E-state index in [0.717, 1.165) is 11.3 Å². The van der Waals surface area contributed by atoms with Crippen molar-refractivity contribution in [2.45, 2.75) is 32.9 Å². The van der Waals surface area contributed by atoms with Crippen molar-refractivity contribution in [2.24, 2.45) is 0 Å². The van der Waals surface area contributed by atoms with Crippen LogP contribution in [0.15, 0.2) is 46.9 Å². The van der Waals surface area contributed by atoms with E-state index in [1.54, 1.807) is 30.2 Å². The van der Waals surface area contributed by atoms with Crippen LogP contribution in [0.5, 0.6) is 11.5 Å². The lowest BCUT2D eigenvalue weighted by atomic mass is 10.1. The van der Waals surface area contributed by atoms with Crippen LogP contribution in [0.2, 0.25) is 5.02 Å². The Hall–Kier alpha value is -2.25. The summed E-state index contributed by atoms with van der Waals surface area (Å²) < 4.78 is 11.5. The van der Waals surface area contributed by atoms with Crippen LogP contribution in [0.25, 0.3) is 0 Å². The van der Waals surface area contributed by atoms with Gasteiger partial charge in [0.05, 0.1) is 11.6 Å². The van der Waals surface area contributed by atoms with E-state index in [4.69, 9.17) is 21.1 Å². The Labute approximate surface area is 190 Å². The molecule has 0 saturated carbocycles. The molecule has 0 bridgehead atoms. The highest BCUT2D eigenvalue weighted by Gasteiger charge is 2.28. The van der Waals surface area contributed by atoms with Crippen molar-refractivity contribution in [1.82, 2.24) is 10.2 Å². The van der Waals surface area contributed by atoms with Crippen molar-refractivity contribution < 1.29 is 19.1 Å². The highest BCUT2D eigenvalue weighted by molar-refractivity contribution is 9.10. The number of rotatable bonds is 10. The molecule has 2 amide bonds. The molecule has 1 N–H and O–H groups in total. The zero-order valence-corrected chi connectivity index (χ0v) is 19.6. The summed E-state index contributed by atoms with van der Waals surface area (Å²) in [7, 11) is 1.60. The molecule has 0 fully saturated rings. The number of carbonyl (C=O) groups excluding carboxylic acids is 2. The standard InChI is InChI=1S/C22H26BrClN2O4/c1-4-19(22(28)25-5-2)26(13-15-6-9-17(29-3)10-7-15)21(27)14-30-20-11-8-16(24)12-18(20)23/h6-12,19H,4-5,13-14H2,1-3H3,(H,25,28). The lowest BCUT2D eigenvalue weighted by Gasteiger charge is -2.30. The summed E-state index contributed by atoms with van der Waals surface area (Å²) in [5.41, 5.74) is 0.888. The van der Waals surface area contributed by atoms with Crippen molar-refractivity contribution in [1.29, 1.82) is 0 Å². The van der Waals surface area contributed by atoms with Gasteiger partial charge in [0.25, 0.3) is 5.91 Å². The fraction of sp³-hybridized carbons (Fsp3) is 0.364.